The summed E-state index contributed by atoms with van der Waals surface area (Å²) in [6, 6.07) is 10.6. The molecule has 0 aliphatic rings. The smallest absolute Gasteiger partial charge is 0.339 e. The van der Waals surface area contributed by atoms with Gasteiger partial charge >= 0.3 is 5.97 Å². The molecule has 0 saturated heterocycles. The van der Waals surface area contributed by atoms with Crippen molar-refractivity contribution in [3.63, 3.8) is 0 Å². The molecule has 0 aliphatic heterocycles. The minimum absolute atomic E-state index is 0.119. The third kappa shape index (κ3) is 3.41. The third-order valence-electron chi connectivity index (χ3n) is 4.73. The first-order chi connectivity index (χ1) is 13.3. The van der Waals surface area contributed by atoms with E-state index in [2.05, 4.69) is 4.98 Å². The highest BCUT2D eigenvalue weighted by molar-refractivity contribution is 6.08. The van der Waals surface area contributed by atoms with E-state index in [0.29, 0.717) is 33.5 Å². The van der Waals surface area contributed by atoms with Crippen LogP contribution in [-0.4, -0.2) is 36.2 Å². The van der Waals surface area contributed by atoms with Crippen LogP contribution in [-0.2, 0) is 4.74 Å². The molecule has 0 fully saturated rings. The topological polar surface area (TPSA) is 85.5 Å². The molecule has 28 heavy (non-hydrogen) atoms. The predicted molar refractivity (Wildman–Crippen MR) is 105 cm³/mol. The summed E-state index contributed by atoms with van der Waals surface area (Å²) >= 11 is 0. The van der Waals surface area contributed by atoms with Crippen molar-refractivity contribution < 1.29 is 23.9 Å². The number of Topliss-reactive ketones (excluding diaryl/α,β-unsaturated/α-hetero) is 2. The molecule has 3 rings (SSSR count). The fourth-order valence-electron chi connectivity index (χ4n) is 3.47. The number of fused-ring (bicyclic) bond motifs is 1. The molecule has 1 heterocycles. The molecule has 0 aliphatic carbocycles. The van der Waals surface area contributed by atoms with Crippen LogP contribution >= 0.6 is 0 Å². The monoisotopic (exact) mass is 379 g/mol. The number of carbonyl (C=O) groups is 3. The van der Waals surface area contributed by atoms with E-state index < -0.39 is 12.6 Å². The van der Waals surface area contributed by atoms with Crippen molar-refractivity contribution in [1.82, 2.24) is 4.98 Å². The van der Waals surface area contributed by atoms with Gasteiger partial charge in [0.15, 0.2) is 12.4 Å². The Morgan fingerprint density at radius 3 is 2.29 bits per heavy atom. The minimum Gasteiger partial charge on any atom is -0.496 e. The Bertz CT molecular complexity index is 1090. The van der Waals surface area contributed by atoms with E-state index in [-0.39, 0.29) is 17.3 Å². The molecule has 0 radical (unpaired) electrons. The van der Waals surface area contributed by atoms with Crippen molar-refractivity contribution in [1.29, 1.82) is 0 Å². The molecule has 144 valence electrons. The number of methoxy groups -OCH3 is 1. The van der Waals surface area contributed by atoms with E-state index >= 15 is 0 Å². The quantitative estimate of drug-likeness (QED) is 0.516. The molecule has 2 aromatic carbocycles. The zero-order chi connectivity index (χ0) is 20.4. The van der Waals surface area contributed by atoms with Crippen molar-refractivity contribution in [2.24, 2.45) is 0 Å². The van der Waals surface area contributed by atoms with Crippen molar-refractivity contribution in [3.8, 4) is 5.75 Å². The second-order valence-corrected chi connectivity index (χ2v) is 6.54. The number of aromatic nitrogens is 1. The molecule has 0 saturated carbocycles. The molecule has 0 spiro atoms. The van der Waals surface area contributed by atoms with Crippen molar-refractivity contribution in [2.45, 2.75) is 20.8 Å². The summed E-state index contributed by atoms with van der Waals surface area (Å²) in [7, 11) is 1.56. The Morgan fingerprint density at radius 1 is 1.00 bits per heavy atom. The van der Waals surface area contributed by atoms with E-state index in [0.717, 1.165) is 5.39 Å². The highest BCUT2D eigenvalue weighted by Crippen LogP contribution is 2.28. The third-order valence-corrected chi connectivity index (χ3v) is 4.73. The second kappa shape index (κ2) is 7.68. The van der Waals surface area contributed by atoms with Crippen LogP contribution in [0.1, 0.15) is 49.4 Å². The van der Waals surface area contributed by atoms with E-state index in [1.807, 2.05) is 18.2 Å². The average Bonchev–Trinajstić information content (AvgIpc) is 2.99. The summed E-state index contributed by atoms with van der Waals surface area (Å²) in [5, 5.41) is 1.47. The van der Waals surface area contributed by atoms with Crippen LogP contribution in [0.3, 0.4) is 0 Å². The summed E-state index contributed by atoms with van der Waals surface area (Å²) in [6.07, 6.45) is 0. The number of benzene rings is 2. The van der Waals surface area contributed by atoms with Crippen molar-refractivity contribution in [3.05, 3.63) is 64.5 Å². The number of ketones is 2. The van der Waals surface area contributed by atoms with E-state index in [1.165, 1.54) is 6.92 Å². The fourth-order valence-corrected chi connectivity index (χ4v) is 3.47. The Morgan fingerprint density at radius 2 is 1.68 bits per heavy atom. The highest BCUT2D eigenvalue weighted by Gasteiger charge is 2.21. The molecule has 0 amide bonds. The summed E-state index contributed by atoms with van der Waals surface area (Å²) in [6.45, 7) is 4.46. The highest BCUT2D eigenvalue weighted by atomic mass is 16.5. The van der Waals surface area contributed by atoms with Gasteiger partial charge in [0, 0.05) is 16.6 Å². The number of aromatic amines is 1. The number of aryl methyl sites for hydroxylation is 1. The lowest BCUT2D eigenvalue weighted by molar-refractivity contribution is 0.0475. The van der Waals surface area contributed by atoms with Crippen LogP contribution in [0, 0.1) is 13.8 Å². The van der Waals surface area contributed by atoms with E-state index in [1.54, 1.807) is 39.2 Å². The van der Waals surface area contributed by atoms with Crippen molar-refractivity contribution >= 4 is 28.3 Å². The van der Waals surface area contributed by atoms with Crippen LogP contribution in [0.4, 0.5) is 0 Å². The Hall–Kier alpha value is -3.41. The van der Waals surface area contributed by atoms with Crippen LogP contribution in [0.15, 0.2) is 36.4 Å². The molecule has 6 heteroatoms. The number of nitrogens with one attached hydrogen (secondary N) is 1. The normalized spacial score (nSPS) is 10.7. The summed E-state index contributed by atoms with van der Waals surface area (Å²) in [5.41, 5.74) is 2.33. The lowest BCUT2D eigenvalue weighted by Gasteiger charge is -2.10. The van der Waals surface area contributed by atoms with Gasteiger partial charge in [-0.25, -0.2) is 4.79 Å². The number of hydrogen-bond acceptors (Lipinski definition) is 5. The van der Waals surface area contributed by atoms with Gasteiger partial charge < -0.3 is 14.5 Å². The van der Waals surface area contributed by atoms with Gasteiger partial charge in [0.05, 0.1) is 18.4 Å². The first-order valence-electron chi connectivity index (χ1n) is 8.81. The lowest BCUT2D eigenvalue weighted by atomic mass is 10.0. The number of rotatable bonds is 6. The molecular weight excluding hydrogens is 358 g/mol. The summed E-state index contributed by atoms with van der Waals surface area (Å²) < 4.78 is 10.6. The number of esters is 1. The van der Waals surface area contributed by atoms with Gasteiger partial charge in [0.25, 0.3) is 0 Å². The maximum Gasteiger partial charge on any atom is 0.339 e. The molecular formula is C22H21NO5. The van der Waals surface area contributed by atoms with Gasteiger partial charge in [-0.1, -0.05) is 24.3 Å². The molecule has 0 bridgehead atoms. The first-order valence-corrected chi connectivity index (χ1v) is 8.81. The molecule has 1 N–H and O–H groups in total. The number of ether oxygens (including phenoxy) is 2. The number of H-pyrrole nitrogens is 1. The van der Waals surface area contributed by atoms with E-state index in [4.69, 9.17) is 9.47 Å². The number of hydrogen-bond donors (Lipinski definition) is 1. The van der Waals surface area contributed by atoms with Gasteiger partial charge in [0.1, 0.15) is 5.75 Å². The van der Waals surface area contributed by atoms with Gasteiger partial charge in [-0.3, -0.25) is 9.59 Å². The van der Waals surface area contributed by atoms with Gasteiger partial charge in [0.2, 0.25) is 5.78 Å². The van der Waals surface area contributed by atoms with Gasteiger partial charge in [-0.2, -0.15) is 0 Å². The SMILES string of the molecule is COc1ccc(C(=O)OCC(=O)c2[nH]c(C)c(C(C)=O)c2C)c2ccccc12. The maximum absolute atomic E-state index is 12.6. The Kier molecular flexibility index (Phi) is 5.31. The fraction of sp³-hybridized carbons (Fsp3) is 0.227. The predicted octanol–water partition coefficient (Wildman–Crippen LogP) is 4.04. The molecule has 1 aromatic heterocycles. The molecule has 3 aromatic rings. The van der Waals surface area contributed by atoms with Crippen molar-refractivity contribution in [2.75, 3.05) is 13.7 Å². The molecule has 0 atom stereocenters. The summed E-state index contributed by atoms with van der Waals surface area (Å²) in [4.78, 5) is 39.7. The maximum atomic E-state index is 12.6. The zero-order valence-electron chi connectivity index (χ0n) is 16.2. The van der Waals surface area contributed by atoms with Crippen LogP contribution in [0.5, 0.6) is 5.75 Å². The van der Waals surface area contributed by atoms with Crippen LogP contribution in [0.25, 0.3) is 10.8 Å². The standard InChI is InChI=1S/C22H21NO5/c1-12-20(14(3)24)13(2)23-21(12)18(25)11-28-22(26)17-9-10-19(27-4)16-8-6-5-7-15(16)17/h5-10,23H,11H2,1-4H3. The molecule has 6 nitrogen and oxygen atoms in total. The second-order valence-electron chi connectivity index (χ2n) is 6.54. The first kappa shape index (κ1) is 19.4. The summed E-state index contributed by atoms with van der Waals surface area (Å²) in [5.74, 6) is -0.455. The average molecular weight is 379 g/mol. The number of carbonyl (C=O) groups excluding carboxylic acids is 3. The van der Waals surface area contributed by atoms with Gasteiger partial charge in [-0.15, -0.1) is 0 Å². The Labute approximate surface area is 162 Å². The van der Waals surface area contributed by atoms with E-state index in [9.17, 15) is 14.4 Å². The van der Waals surface area contributed by atoms with Crippen LogP contribution < -0.4 is 4.74 Å². The largest absolute Gasteiger partial charge is 0.496 e. The van der Waals surface area contributed by atoms with Gasteiger partial charge in [-0.05, 0) is 43.9 Å². The minimum atomic E-state index is -0.597. The van der Waals surface area contributed by atoms with Crippen LogP contribution in [0.2, 0.25) is 0 Å². The Balaban J connectivity index is 1.82. The molecule has 0 unspecified atom stereocenters. The zero-order valence-corrected chi connectivity index (χ0v) is 16.2. The lowest BCUT2D eigenvalue weighted by Crippen LogP contribution is -2.16.